The Morgan fingerprint density at radius 2 is 1.94 bits per heavy atom. The van der Waals surface area contributed by atoms with Crippen molar-refractivity contribution in [2.24, 2.45) is 7.05 Å². The Hall–Kier alpha value is -3.44. The molecule has 0 atom stereocenters. The Morgan fingerprint density at radius 1 is 1.19 bits per heavy atom. The van der Waals surface area contributed by atoms with Gasteiger partial charge in [-0.05, 0) is 48.2 Å². The van der Waals surface area contributed by atoms with E-state index in [-0.39, 0.29) is 11.3 Å². The molecule has 4 rings (SSSR count). The number of nitrogens with one attached hydrogen (secondary N) is 1. The molecule has 1 saturated heterocycles. The van der Waals surface area contributed by atoms with E-state index in [2.05, 4.69) is 20.4 Å². The summed E-state index contributed by atoms with van der Waals surface area (Å²) in [7, 11) is 1.75. The molecule has 2 aromatic carbocycles. The number of morpholine rings is 1. The molecule has 1 fully saturated rings. The summed E-state index contributed by atoms with van der Waals surface area (Å²) in [6.45, 7) is 3.05. The first kappa shape index (κ1) is 20.8. The molecule has 0 unspecified atom stereocenters. The summed E-state index contributed by atoms with van der Waals surface area (Å²) in [5.74, 6) is -0.419. The standard InChI is InChI=1S/C20H20N6O4S/c1-24-13-21-23-20(24)31-18-7-2-14(12-17(18)26(28)29)19(27)22-15-3-5-16(6-4-15)25-8-10-30-11-9-25/h2-7,12-13H,8-11H2,1H3,(H,22,27). The number of ether oxygens (including phenoxy) is 1. The second-order valence-corrected chi connectivity index (χ2v) is 7.88. The van der Waals surface area contributed by atoms with E-state index in [1.165, 1.54) is 12.4 Å². The number of nitro groups is 1. The minimum absolute atomic E-state index is 0.164. The quantitative estimate of drug-likeness (QED) is 0.459. The lowest BCUT2D eigenvalue weighted by atomic mass is 10.1. The van der Waals surface area contributed by atoms with Gasteiger partial charge in [0.2, 0.25) is 0 Å². The van der Waals surface area contributed by atoms with Gasteiger partial charge in [0.15, 0.2) is 5.16 Å². The molecule has 2 heterocycles. The predicted molar refractivity (Wildman–Crippen MR) is 116 cm³/mol. The van der Waals surface area contributed by atoms with Gasteiger partial charge in [-0.2, -0.15) is 0 Å². The van der Waals surface area contributed by atoms with Crippen LogP contribution in [0, 0.1) is 10.1 Å². The maximum Gasteiger partial charge on any atom is 0.284 e. The Morgan fingerprint density at radius 3 is 2.58 bits per heavy atom. The van der Waals surface area contributed by atoms with Crippen LogP contribution in [0.3, 0.4) is 0 Å². The van der Waals surface area contributed by atoms with Crippen molar-refractivity contribution in [1.82, 2.24) is 14.8 Å². The van der Waals surface area contributed by atoms with E-state index in [0.717, 1.165) is 30.5 Å². The molecular formula is C20H20N6O4S. The van der Waals surface area contributed by atoms with Crippen LogP contribution in [0.4, 0.5) is 17.1 Å². The molecule has 0 bridgehead atoms. The van der Waals surface area contributed by atoms with Gasteiger partial charge < -0.3 is 19.5 Å². The number of rotatable bonds is 6. The predicted octanol–water partition coefficient (Wildman–Crippen LogP) is 2.96. The Kier molecular flexibility index (Phi) is 6.14. The molecular weight excluding hydrogens is 420 g/mol. The van der Waals surface area contributed by atoms with E-state index in [9.17, 15) is 14.9 Å². The van der Waals surface area contributed by atoms with Gasteiger partial charge in [0.1, 0.15) is 6.33 Å². The zero-order valence-corrected chi connectivity index (χ0v) is 17.5. The summed E-state index contributed by atoms with van der Waals surface area (Å²) >= 11 is 1.12. The Bertz CT molecular complexity index is 1100. The second-order valence-electron chi connectivity index (χ2n) is 6.87. The third kappa shape index (κ3) is 4.84. The average Bonchev–Trinajstić information content (AvgIpc) is 3.19. The van der Waals surface area contributed by atoms with Crippen molar-refractivity contribution in [2.75, 3.05) is 36.5 Å². The number of anilines is 2. The Labute approximate surface area is 182 Å². The molecule has 0 spiro atoms. The van der Waals surface area contributed by atoms with Crippen LogP contribution in [0.1, 0.15) is 10.4 Å². The molecule has 1 aliphatic rings. The number of nitro benzene ring substituents is 1. The molecule has 0 radical (unpaired) electrons. The largest absolute Gasteiger partial charge is 0.378 e. The number of aromatic nitrogens is 3. The zero-order chi connectivity index (χ0) is 21.8. The van der Waals surface area contributed by atoms with Crippen LogP contribution in [-0.4, -0.2) is 51.9 Å². The van der Waals surface area contributed by atoms with E-state index in [1.807, 2.05) is 24.3 Å². The van der Waals surface area contributed by atoms with Crippen LogP contribution >= 0.6 is 11.8 Å². The van der Waals surface area contributed by atoms with E-state index in [0.29, 0.717) is 29.0 Å². The monoisotopic (exact) mass is 440 g/mol. The highest BCUT2D eigenvalue weighted by Gasteiger charge is 2.20. The van der Waals surface area contributed by atoms with E-state index in [1.54, 1.807) is 23.7 Å². The van der Waals surface area contributed by atoms with Crippen molar-refractivity contribution in [1.29, 1.82) is 0 Å². The van der Waals surface area contributed by atoms with Crippen molar-refractivity contribution < 1.29 is 14.5 Å². The lowest BCUT2D eigenvalue weighted by molar-refractivity contribution is -0.387. The van der Waals surface area contributed by atoms with E-state index >= 15 is 0 Å². The molecule has 1 aromatic heterocycles. The van der Waals surface area contributed by atoms with Crippen LogP contribution in [0.25, 0.3) is 0 Å². The SMILES string of the molecule is Cn1cnnc1Sc1ccc(C(=O)Nc2ccc(N3CCOCC3)cc2)cc1[N+](=O)[O-]. The maximum absolute atomic E-state index is 12.7. The second kappa shape index (κ2) is 9.14. The van der Waals surface area contributed by atoms with Crippen molar-refractivity contribution >= 4 is 34.7 Å². The molecule has 1 N–H and O–H groups in total. The summed E-state index contributed by atoms with van der Waals surface area (Å²) in [4.78, 5) is 26.3. The zero-order valence-electron chi connectivity index (χ0n) is 16.7. The van der Waals surface area contributed by atoms with Gasteiger partial charge in [-0.15, -0.1) is 10.2 Å². The van der Waals surface area contributed by atoms with Gasteiger partial charge in [0.25, 0.3) is 11.6 Å². The van der Waals surface area contributed by atoms with E-state index in [4.69, 9.17) is 4.74 Å². The fourth-order valence-electron chi connectivity index (χ4n) is 3.13. The highest BCUT2D eigenvalue weighted by Crippen LogP contribution is 2.34. The fourth-order valence-corrected chi connectivity index (χ4v) is 3.98. The number of amides is 1. The molecule has 10 nitrogen and oxygen atoms in total. The van der Waals surface area contributed by atoms with Crippen LogP contribution in [0.2, 0.25) is 0 Å². The fraction of sp³-hybridized carbons (Fsp3) is 0.250. The molecule has 3 aromatic rings. The molecule has 0 saturated carbocycles. The minimum atomic E-state index is -0.507. The first-order valence-electron chi connectivity index (χ1n) is 9.55. The smallest absolute Gasteiger partial charge is 0.284 e. The van der Waals surface area contributed by atoms with Crippen LogP contribution in [-0.2, 0) is 11.8 Å². The number of nitrogens with zero attached hydrogens (tertiary/aromatic N) is 5. The molecule has 11 heteroatoms. The average molecular weight is 440 g/mol. The van der Waals surface area contributed by atoms with Crippen molar-refractivity contribution in [3.8, 4) is 0 Å². The van der Waals surface area contributed by atoms with Crippen molar-refractivity contribution in [3.05, 3.63) is 64.5 Å². The van der Waals surface area contributed by atoms with E-state index < -0.39 is 10.8 Å². The highest BCUT2D eigenvalue weighted by molar-refractivity contribution is 7.99. The number of carbonyl (C=O) groups is 1. The number of hydrogen-bond acceptors (Lipinski definition) is 8. The summed E-state index contributed by atoms with van der Waals surface area (Å²) in [5.41, 5.74) is 1.71. The van der Waals surface area contributed by atoms with Gasteiger partial charge >= 0.3 is 0 Å². The van der Waals surface area contributed by atoms with Crippen LogP contribution in [0.15, 0.2) is 58.8 Å². The molecule has 31 heavy (non-hydrogen) atoms. The third-order valence-corrected chi connectivity index (χ3v) is 5.91. The first-order valence-corrected chi connectivity index (χ1v) is 10.4. The maximum atomic E-state index is 12.7. The van der Waals surface area contributed by atoms with Crippen LogP contribution < -0.4 is 10.2 Å². The number of benzene rings is 2. The topological polar surface area (TPSA) is 115 Å². The number of carbonyl (C=O) groups excluding carboxylic acids is 1. The van der Waals surface area contributed by atoms with Crippen molar-refractivity contribution in [2.45, 2.75) is 10.1 Å². The highest BCUT2D eigenvalue weighted by atomic mass is 32.2. The molecule has 0 aliphatic carbocycles. The third-order valence-electron chi connectivity index (χ3n) is 4.79. The van der Waals surface area contributed by atoms with Gasteiger partial charge in [-0.3, -0.25) is 14.9 Å². The first-order chi connectivity index (χ1) is 15.0. The molecule has 1 aliphatic heterocycles. The molecule has 160 valence electrons. The van der Waals surface area contributed by atoms with Crippen molar-refractivity contribution in [3.63, 3.8) is 0 Å². The van der Waals surface area contributed by atoms with Gasteiger partial charge in [0, 0.05) is 43.1 Å². The minimum Gasteiger partial charge on any atom is -0.378 e. The molecule has 1 amide bonds. The lowest BCUT2D eigenvalue weighted by Crippen LogP contribution is -2.36. The van der Waals surface area contributed by atoms with Crippen LogP contribution in [0.5, 0.6) is 0 Å². The summed E-state index contributed by atoms with van der Waals surface area (Å²) < 4.78 is 7.02. The number of aryl methyl sites for hydroxylation is 1. The summed E-state index contributed by atoms with van der Waals surface area (Å²) in [6, 6.07) is 11.9. The number of hydrogen-bond donors (Lipinski definition) is 1. The lowest BCUT2D eigenvalue weighted by Gasteiger charge is -2.28. The summed E-state index contributed by atoms with van der Waals surface area (Å²) in [6.07, 6.45) is 1.51. The van der Waals surface area contributed by atoms with Gasteiger partial charge in [0.05, 0.1) is 23.0 Å². The summed E-state index contributed by atoms with van der Waals surface area (Å²) in [5, 5.41) is 22.6. The van der Waals surface area contributed by atoms with Gasteiger partial charge in [-0.1, -0.05) is 0 Å². The normalized spacial score (nSPS) is 13.8. The Balaban J connectivity index is 1.48. The van der Waals surface area contributed by atoms with Gasteiger partial charge in [-0.25, -0.2) is 0 Å².